The number of hydrogen-bond donors (Lipinski definition) is 0. The highest BCUT2D eigenvalue weighted by Gasteiger charge is 2.32. The van der Waals surface area contributed by atoms with E-state index in [4.69, 9.17) is 0 Å². The molecule has 0 aliphatic carbocycles. The van der Waals surface area contributed by atoms with Crippen molar-refractivity contribution in [2.24, 2.45) is 0 Å². The van der Waals surface area contributed by atoms with Gasteiger partial charge in [0.1, 0.15) is 11.1 Å². The molecule has 1 aromatic carbocycles. The van der Waals surface area contributed by atoms with Crippen molar-refractivity contribution in [3.05, 3.63) is 35.6 Å². The average molecular weight is 329 g/mol. The van der Waals surface area contributed by atoms with Crippen molar-refractivity contribution in [3.63, 3.8) is 0 Å². The predicted molar refractivity (Wildman–Crippen MR) is 85.7 cm³/mol. The summed E-state index contributed by atoms with van der Waals surface area (Å²) in [6.45, 7) is 7.22. The Balaban J connectivity index is 2.99. The summed E-state index contributed by atoms with van der Waals surface area (Å²) in [7, 11) is -3.44. The Morgan fingerprint density at radius 2 is 1.73 bits per heavy atom. The Hall–Kier alpha value is -1.43. The zero-order chi connectivity index (χ0) is 16.9. The van der Waals surface area contributed by atoms with Crippen molar-refractivity contribution in [1.82, 2.24) is 4.90 Å². The first-order valence-corrected chi connectivity index (χ1v) is 9.23. The highest BCUT2D eigenvalue weighted by Crippen LogP contribution is 2.22. The van der Waals surface area contributed by atoms with E-state index in [1.807, 2.05) is 6.92 Å². The number of rotatable bonds is 7. The minimum atomic E-state index is -3.44. The van der Waals surface area contributed by atoms with E-state index in [-0.39, 0.29) is 17.6 Å². The molecule has 0 saturated carbocycles. The van der Waals surface area contributed by atoms with E-state index in [1.54, 1.807) is 26.0 Å². The Morgan fingerprint density at radius 1 is 1.18 bits per heavy atom. The molecule has 0 N–H and O–H groups in total. The lowest BCUT2D eigenvalue weighted by atomic mass is 10.1. The lowest BCUT2D eigenvalue weighted by Crippen LogP contribution is -2.43. The molecule has 2 atom stereocenters. The van der Waals surface area contributed by atoms with Crippen LogP contribution in [-0.2, 0) is 14.6 Å². The largest absolute Gasteiger partial charge is 0.335 e. The van der Waals surface area contributed by atoms with Crippen molar-refractivity contribution in [2.75, 3.05) is 12.3 Å². The predicted octanol–water partition coefficient (Wildman–Crippen LogP) is 2.95. The summed E-state index contributed by atoms with van der Waals surface area (Å²) in [5.74, 6) is -0.750. The number of amides is 1. The molecule has 0 spiro atoms. The SMILES string of the molecule is CCCS(=O)(=O)[C@@H](C)C(=O)N(CC)[C@@H](C)c1ccc(F)cc1. The van der Waals surface area contributed by atoms with Gasteiger partial charge >= 0.3 is 0 Å². The molecule has 0 aliphatic heterocycles. The number of hydrogen-bond acceptors (Lipinski definition) is 3. The van der Waals surface area contributed by atoms with Gasteiger partial charge in [0.15, 0.2) is 9.84 Å². The molecule has 124 valence electrons. The second-order valence-electron chi connectivity index (χ2n) is 5.36. The third-order valence-electron chi connectivity index (χ3n) is 3.82. The summed E-state index contributed by atoms with van der Waals surface area (Å²) in [6, 6.07) is 5.59. The minimum Gasteiger partial charge on any atom is -0.335 e. The maximum absolute atomic E-state index is 13.0. The van der Waals surface area contributed by atoms with E-state index in [0.29, 0.717) is 13.0 Å². The van der Waals surface area contributed by atoms with Gasteiger partial charge in [-0.3, -0.25) is 4.79 Å². The Bertz CT molecular complexity index is 598. The van der Waals surface area contributed by atoms with E-state index in [2.05, 4.69) is 0 Å². The fourth-order valence-corrected chi connectivity index (χ4v) is 3.76. The van der Waals surface area contributed by atoms with Gasteiger partial charge in [0, 0.05) is 6.54 Å². The van der Waals surface area contributed by atoms with Crippen LogP contribution in [0.1, 0.15) is 45.7 Å². The van der Waals surface area contributed by atoms with Crippen LogP contribution in [0.15, 0.2) is 24.3 Å². The number of sulfone groups is 1. The quantitative estimate of drug-likeness (QED) is 0.773. The third kappa shape index (κ3) is 4.29. The van der Waals surface area contributed by atoms with Crippen molar-refractivity contribution in [2.45, 2.75) is 45.4 Å². The highest BCUT2D eigenvalue weighted by molar-refractivity contribution is 7.92. The monoisotopic (exact) mass is 329 g/mol. The smallest absolute Gasteiger partial charge is 0.241 e. The van der Waals surface area contributed by atoms with E-state index in [0.717, 1.165) is 5.56 Å². The fourth-order valence-electron chi connectivity index (χ4n) is 2.39. The summed E-state index contributed by atoms with van der Waals surface area (Å²) < 4.78 is 37.2. The Kier molecular flexibility index (Phi) is 6.53. The summed E-state index contributed by atoms with van der Waals surface area (Å²) in [5.41, 5.74) is 0.775. The van der Waals surface area contributed by atoms with Gasteiger partial charge in [0.05, 0.1) is 11.8 Å². The normalized spacial score (nSPS) is 14.4. The molecule has 0 radical (unpaired) electrons. The van der Waals surface area contributed by atoms with Gasteiger partial charge in [0.25, 0.3) is 0 Å². The average Bonchev–Trinajstić information content (AvgIpc) is 2.47. The standard InChI is InChI=1S/C16H24FNO3S/c1-5-11-22(20,21)13(4)16(19)18(6-2)12(3)14-7-9-15(17)10-8-14/h7-10,12-13H,5-6,11H2,1-4H3/t12-,13-/m0/s1. The van der Waals surface area contributed by atoms with Crippen molar-refractivity contribution in [3.8, 4) is 0 Å². The van der Waals surface area contributed by atoms with Gasteiger partial charge < -0.3 is 4.90 Å². The van der Waals surface area contributed by atoms with Gasteiger partial charge in [0.2, 0.25) is 5.91 Å². The summed E-state index contributed by atoms with van der Waals surface area (Å²) >= 11 is 0. The van der Waals surface area contributed by atoms with Gasteiger partial charge in [-0.2, -0.15) is 0 Å². The van der Waals surface area contributed by atoms with Crippen molar-refractivity contribution >= 4 is 15.7 Å². The lowest BCUT2D eigenvalue weighted by Gasteiger charge is -2.30. The topological polar surface area (TPSA) is 54.5 Å². The van der Waals surface area contributed by atoms with Crippen LogP contribution in [0.2, 0.25) is 0 Å². The molecular formula is C16H24FNO3S. The number of halogens is 1. The molecule has 0 heterocycles. The fraction of sp³-hybridized carbons (Fsp3) is 0.562. The molecule has 1 rings (SSSR count). The van der Waals surface area contributed by atoms with Crippen LogP contribution in [-0.4, -0.2) is 36.8 Å². The molecule has 4 nitrogen and oxygen atoms in total. The van der Waals surface area contributed by atoms with Crippen LogP contribution >= 0.6 is 0 Å². The van der Waals surface area contributed by atoms with Crippen molar-refractivity contribution < 1.29 is 17.6 Å². The first-order chi connectivity index (χ1) is 10.2. The Labute approximate surface area is 132 Å². The van der Waals surface area contributed by atoms with E-state index < -0.39 is 21.0 Å². The van der Waals surface area contributed by atoms with E-state index in [1.165, 1.54) is 24.0 Å². The van der Waals surface area contributed by atoms with E-state index >= 15 is 0 Å². The van der Waals surface area contributed by atoms with Crippen LogP contribution in [0.4, 0.5) is 4.39 Å². The molecule has 0 bridgehead atoms. The van der Waals surface area contributed by atoms with Gasteiger partial charge in [-0.1, -0.05) is 19.1 Å². The molecule has 1 amide bonds. The number of nitrogens with zero attached hydrogens (tertiary/aromatic N) is 1. The maximum Gasteiger partial charge on any atom is 0.241 e. The second kappa shape index (κ2) is 7.72. The zero-order valence-electron chi connectivity index (χ0n) is 13.5. The summed E-state index contributed by atoms with van der Waals surface area (Å²) in [4.78, 5) is 14.1. The first-order valence-electron chi connectivity index (χ1n) is 7.52. The van der Waals surface area contributed by atoms with Gasteiger partial charge in [-0.15, -0.1) is 0 Å². The third-order valence-corrected chi connectivity index (χ3v) is 6.08. The molecule has 0 aromatic heterocycles. The van der Waals surface area contributed by atoms with Crippen LogP contribution in [0.3, 0.4) is 0 Å². The van der Waals surface area contributed by atoms with Crippen LogP contribution in [0.25, 0.3) is 0 Å². The molecule has 0 fully saturated rings. The van der Waals surface area contributed by atoms with E-state index in [9.17, 15) is 17.6 Å². The second-order valence-corrected chi connectivity index (χ2v) is 7.80. The minimum absolute atomic E-state index is 0.00237. The number of benzene rings is 1. The molecule has 6 heteroatoms. The van der Waals surface area contributed by atoms with Crippen molar-refractivity contribution in [1.29, 1.82) is 0 Å². The van der Waals surface area contributed by atoms with Gasteiger partial charge in [-0.25, -0.2) is 12.8 Å². The first kappa shape index (κ1) is 18.6. The Morgan fingerprint density at radius 3 is 2.18 bits per heavy atom. The molecular weight excluding hydrogens is 305 g/mol. The van der Waals surface area contributed by atoms with Crippen LogP contribution < -0.4 is 0 Å². The van der Waals surface area contributed by atoms with Crippen LogP contribution in [0.5, 0.6) is 0 Å². The summed E-state index contributed by atoms with van der Waals surface area (Å²) in [5, 5.41) is -1.06. The number of carbonyl (C=O) groups is 1. The number of carbonyl (C=O) groups excluding carboxylic acids is 1. The maximum atomic E-state index is 13.0. The van der Waals surface area contributed by atoms with Crippen LogP contribution in [0, 0.1) is 5.82 Å². The highest BCUT2D eigenvalue weighted by atomic mass is 32.2. The molecule has 0 aliphatic rings. The summed E-state index contributed by atoms with van der Waals surface area (Å²) in [6.07, 6.45) is 0.486. The van der Waals surface area contributed by atoms with Gasteiger partial charge in [-0.05, 0) is 44.9 Å². The molecule has 0 saturated heterocycles. The molecule has 0 unspecified atom stereocenters. The molecule has 22 heavy (non-hydrogen) atoms. The molecule has 1 aromatic rings. The zero-order valence-corrected chi connectivity index (χ0v) is 14.4. The lowest BCUT2D eigenvalue weighted by molar-refractivity contribution is -0.132.